The molecule has 2 aliphatic rings. The normalized spacial score (nSPS) is 20.0. The molecule has 158 valence electrons. The highest BCUT2D eigenvalue weighted by Crippen LogP contribution is 2.47. The highest BCUT2D eigenvalue weighted by Gasteiger charge is 2.54. The molecule has 0 N–H and O–H groups in total. The van der Waals surface area contributed by atoms with Crippen molar-refractivity contribution < 1.29 is 14.0 Å². The number of amides is 2. The molecule has 1 unspecified atom stereocenters. The van der Waals surface area contributed by atoms with Crippen molar-refractivity contribution in [2.24, 2.45) is 7.05 Å². The van der Waals surface area contributed by atoms with Crippen molar-refractivity contribution in [1.82, 2.24) is 14.7 Å². The van der Waals surface area contributed by atoms with Crippen LogP contribution in [0.25, 0.3) is 11.1 Å². The molecule has 2 aromatic carbocycles. The summed E-state index contributed by atoms with van der Waals surface area (Å²) in [6.07, 6.45) is 4.11. The van der Waals surface area contributed by atoms with Crippen LogP contribution in [0.1, 0.15) is 24.5 Å². The summed E-state index contributed by atoms with van der Waals surface area (Å²) in [5.74, 6) is -0.449. The fraction of sp³-hybridized carbons (Fsp3) is 0.292. The molecule has 2 aliphatic heterocycles. The molecule has 31 heavy (non-hydrogen) atoms. The molecule has 2 amide bonds. The van der Waals surface area contributed by atoms with E-state index < -0.39 is 5.41 Å². The summed E-state index contributed by atoms with van der Waals surface area (Å²) in [4.78, 5) is 28.9. The molecule has 0 radical (unpaired) electrons. The number of fused-ring (bicyclic) bond motifs is 2. The maximum absolute atomic E-state index is 15.0. The first-order valence-electron chi connectivity index (χ1n) is 10.3. The summed E-state index contributed by atoms with van der Waals surface area (Å²) >= 11 is 0. The van der Waals surface area contributed by atoms with Gasteiger partial charge in [0.1, 0.15) is 5.82 Å². The lowest BCUT2D eigenvalue weighted by Crippen LogP contribution is -2.42. The Hall–Kier alpha value is -3.48. The average Bonchev–Trinajstić information content (AvgIpc) is 3.45. The first-order valence-corrected chi connectivity index (χ1v) is 10.3. The summed E-state index contributed by atoms with van der Waals surface area (Å²) in [5, 5.41) is 4.14. The standard InChI is InChI=1S/C24H23FN4O2/c1-16(30)28-10-9-24(15-28)20-5-3-4-6-22(20)29(23(24)31)14-18-8-7-17(11-21(18)25)19-12-26-27(2)13-19/h3-8,11-13H,9-10,14-15H2,1-2H3. The van der Waals surface area contributed by atoms with E-state index >= 15 is 4.39 Å². The number of hydrogen-bond donors (Lipinski definition) is 0. The van der Waals surface area contributed by atoms with Gasteiger partial charge in [-0.05, 0) is 29.7 Å². The lowest BCUT2D eigenvalue weighted by Gasteiger charge is -2.24. The molecule has 1 fully saturated rings. The Labute approximate surface area is 179 Å². The Bertz CT molecular complexity index is 1200. The molecule has 1 saturated heterocycles. The predicted octanol–water partition coefficient (Wildman–Crippen LogP) is 3.26. The van der Waals surface area contributed by atoms with E-state index in [1.54, 1.807) is 26.7 Å². The summed E-state index contributed by atoms with van der Waals surface area (Å²) in [5.41, 5.74) is 3.02. The molecule has 1 aromatic heterocycles. The van der Waals surface area contributed by atoms with Gasteiger partial charge in [0.15, 0.2) is 0 Å². The van der Waals surface area contributed by atoms with E-state index in [-0.39, 0.29) is 24.2 Å². The van der Waals surface area contributed by atoms with Gasteiger partial charge in [-0.25, -0.2) is 4.39 Å². The van der Waals surface area contributed by atoms with Gasteiger partial charge in [0.05, 0.1) is 18.2 Å². The maximum Gasteiger partial charge on any atom is 0.239 e. The number of benzene rings is 2. The fourth-order valence-electron chi connectivity index (χ4n) is 4.82. The highest BCUT2D eigenvalue weighted by atomic mass is 19.1. The topological polar surface area (TPSA) is 58.4 Å². The fourth-order valence-corrected chi connectivity index (χ4v) is 4.82. The summed E-state index contributed by atoms with van der Waals surface area (Å²) in [7, 11) is 1.82. The van der Waals surface area contributed by atoms with Crippen LogP contribution in [-0.2, 0) is 28.6 Å². The molecular formula is C24H23FN4O2. The summed E-state index contributed by atoms with van der Waals surface area (Å²) < 4.78 is 16.7. The number of anilines is 1. The van der Waals surface area contributed by atoms with Crippen LogP contribution in [-0.4, -0.2) is 39.6 Å². The van der Waals surface area contributed by atoms with Crippen LogP contribution in [0.5, 0.6) is 0 Å². The Kier molecular flexibility index (Phi) is 4.43. The lowest BCUT2D eigenvalue weighted by molar-refractivity contribution is -0.128. The Morgan fingerprint density at radius 1 is 1.19 bits per heavy atom. The molecule has 1 spiro atoms. The second-order valence-corrected chi connectivity index (χ2v) is 8.39. The molecule has 0 saturated carbocycles. The Morgan fingerprint density at radius 3 is 2.68 bits per heavy atom. The molecule has 7 heteroatoms. The van der Waals surface area contributed by atoms with Crippen molar-refractivity contribution in [3.8, 4) is 11.1 Å². The minimum absolute atomic E-state index is 0.0300. The van der Waals surface area contributed by atoms with Crippen molar-refractivity contribution in [1.29, 1.82) is 0 Å². The number of likely N-dealkylation sites (tertiary alicyclic amines) is 1. The molecule has 3 heterocycles. The highest BCUT2D eigenvalue weighted by molar-refractivity contribution is 6.08. The van der Waals surface area contributed by atoms with Crippen LogP contribution in [0.15, 0.2) is 54.9 Å². The first kappa shape index (κ1) is 19.5. The van der Waals surface area contributed by atoms with Crippen molar-refractivity contribution in [2.75, 3.05) is 18.0 Å². The van der Waals surface area contributed by atoms with Gasteiger partial charge in [-0.1, -0.05) is 30.3 Å². The maximum atomic E-state index is 15.0. The van der Waals surface area contributed by atoms with Gasteiger partial charge < -0.3 is 9.80 Å². The predicted molar refractivity (Wildman–Crippen MR) is 115 cm³/mol. The number of halogens is 1. The molecule has 0 bridgehead atoms. The smallest absolute Gasteiger partial charge is 0.239 e. The minimum Gasteiger partial charge on any atom is -0.341 e. The number of carbonyl (C=O) groups excluding carboxylic acids is 2. The van der Waals surface area contributed by atoms with Crippen LogP contribution in [0.4, 0.5) is 10.1 Å². The SMILES string of the molecule is CC(=O)N1CCC2(C1)C(=O)N(Cc1ccc(-c3cnn(C)c3)cc1F)c1ccccc12. The van der Waals surface area contributed by atoms with E-state index in [1.165, 1.54) is 13.0 Å². The van der Waals surface area contributed by atoms with Crippen molar-refractivity contribution in [3.63, 3.8) is 0 Å². The quantitative estimate of drug-likeness (QED) is 0.656. The Balaban J connectivity index is 1.47. The van der Waals surface area contributed by atoms with Crippen molar-refractivity contribution >= 4 is 17.5 Å². The van der Waals surface area contributed by atoms with E-state index in [9.17, 15) is 9.59 Å². The van der Waals surface area contributed by atoms with Gasteiger partial charge in [-0.3, -0.25) is 14.3 Å². The zero-order valence-electron chi connectivity index (χ0n) is 17.5. The molecular weight excluding hydrogens is 395 g/mol. The van der Waals surface area contributed by atoms with Crippen LogP contribution >= 0.6 is 0 Å². The second-order valence-electron chi connectivity index (χ2n) is 8.39. The zero-order chi connectivity index (χ0) is 21.8. The van der Waals surface area contributed by atoms with E-state index in [4.69, 9.17) is 0 Å². The average molecular weight is 418 g/mol. The Morgan fingerprint density at radius 2 is 2.00 bits per heavy atom. The van der Waals surface area contributed by atoms with E-state index in [0.29, 0.717) is 25.1 Å². The molecule has 6 nitrogen and oxygen atoms in total. The number of carbonyl (C=O) groups is 2. The number of aryl methyl sites for hydroxylation is 1. The summed E-state index contributed by atoms with van der Waals surface area (Å²) in [6.45, 7) is 2.60. The molecule has 0 aliphatic carbocycles. The number of nitrogens with zero attached hydrogens (tertiary/aromatic N) is 4. The van der Waals surface area contributed by atoms with Gasteiger partial charge in [0.25, 0.3) is 0 Å². The molecule has 1 atom stereocenters. The van der Waals surface area contributed by atoms with Crippen LogP contribution < -0.4 is 4.90 Å². The van der Waals surface area contributed by atoms with Gasteiger partial charge in [0, 0.05) is 50.1 Å². The van der Waals surface area contributed by atoms with Gasteiger partial charge in [0.2, 0.25) is 11.8 Å². The first-order chi connectivity index (χ1) is 14.9. The van der Waals surface area contributed by atoms with Crippen molar-refractivity contribution in [2.45, 2.75) is 25.3 Å². The monoisotopic (exact) mass is 418 g/mol. The second kappa shape index (κ2) is 7.04. The third-order valence-electron chi connectivity index (χ3n) is 6.50. The van der Waals surface area contributed by atoms with Gasteiger partial charge >= 0.3 is 0 Å². The van der Waals surface area contributed by atoms with Crippen LogP contribution in [0.2, 0.25) is 0 Å². The largest absolute Gasteiger partial charge is 0.341 e. The van der Waals surface area contributed by atoms with Crippen LogP contribution in [0.3, 0.4) is 0 Å². The van der Waals surface area contributed by atoms with Crippen molar-refractivity contribution in [3.05, 3.63) is 71.8 Å². The number of aromatic nitrogens is 2. The molecule has 3 aromatic rings. The number of hydrogen-bond acceptors (Lipinski definition) is 3. The van der Waals surface area contributed by atoms with Gasteiger partial charge in [-0.2, -0.15) is 5.10 Å². The van der Waals surface area contributed by atoms with E-state index in [0.717, 1.165) is 22.4 Å². The van der Waals surface area contributed by atoms with E-state index in [1.807, 2.05) is 43.6 Å². The van der Waals surface area contributed by atoms with E-state index in [2.05, 4.69) is 5.10 Å². The number of rotatable bonds is 3. The lowest BCUT2D eigenvalue weighted by atomic mass is 9.81. The zero-order valence-corrected chi connectivity index (χ0v) is 17.5. The third kappa shape index (κ3) is 3.03. The number of para-hydroxylation sites is 1. The van der Waals surface area contributed by atoms with Gasteiger partial charge in [-0.15, -0.1) is 0 Å². The third-order valence-corrected chi connectivity index (χ3v) is 6.50. The minimum atomic E-state index is -0.742. The molecule has 5 rings (SSSR count). The van der Waals surface area contributed by atoms with Crippen LogP contribution in [0, 0.1) is 5.82 Å². The summed E-state index contributed by atoms with van der Waals surface area (Å²) in [6, 6.07) is 12.7.